The molecule has 8 rings (SSSR count). The summed E-state index contributed by atoms with van der Waals surface area (Å²) in [5, 5.41) is 26.1. The van der Waals surface area contributed by atoms with Gasteiger partial charge in [-0.3, -0.25) is 0 Å². The molecule has 0 aromatic heterocycles. The molecule has 0 aliphatic heterocycles. The molecule has 0 spiro atoms. The van der Waals surface area contributed by atoms with E-state index in [4.69, 9.17) is 18.9 Å². The van der Waals surface area contributed by atoms with Crippen LogP contribution >= 0.6 is 0 Å². The first-order valence-electron chi connectivity index (χ1n) is 30.2. The first-order chi connectivity index (χ1) is 40.5. The second kappa shape index (κ2) is 36.3. The van der Waals surface area contributed by atoms with Crippen molar-refractivity contribution in [3.63, 3.8) is 0 Å². The number of anilines is 1. The van der Waals surface area contributed by atoms with Crippen molar-refractivity contribution >= 4 is 62.1 Å². The molecule has 1 N–H and O–H groups in total. The van der Waals surface area contributed by atoms with Gasteiger partial charge < -0.3 is 24.3 Å². The normalized spacial score (nSPS) is 11.2. The summed E-state index contributed by atoms with van der Waals surface area (Å²) in [7, 11) is 0. The van der Waals surface area contributed by atoms with E-state index >= 15 is 0 Å². The summed E-state index contributed by atoms with van der Waals surface area (Å²) in [6.07, 6.45) is 26.2. The molecule has 428 valence electrons. The zero-order chi connectivity index (χ0) is 57.1. The molecule has 0 fully saturated rings. The third-order valence-electron chi connectivity index (χ3n) is 14.4. The molecule has 9 heteroatoms. The highest BCUT2D eigenvalue weighted by Crippen LogP contribution is 2.37. The van der Waals surface area contributed by atoms with Crippen molar-refractivity contribution in [2.45, 2.75) is 129 Å². The molecule has 0 aliphatic carbocycles. The van der Waals surface area contributed by atoms with E-state index in [-0.39, 0.29) is 0 Å². The molecular weight excluding hydrogens is 1010 g/mol. The summed E-state index contributed by atoms with van der Waals surface area (Å²) < 4.78 is 23.4. The molecule has 0 amide bonds. The molecule has 0 atom stereocenters. The van der Waals surface area contributed by atoms with E-state index in [1.54, 1.807) is 0 Å². The Morgan fingerprint density at radius 2 is 0.646 bits per heavy atom. The number of nitrogens with one attached hydrogen (secondary N) is 1. The Bertz CT molecular complexity index is 3150. The number of hydrogen-bond donors (Lipinski definition) is 1. The molecule has 0 saturated carbocycles. The lowest BCUT2D eigenvalue weighted by Gasteiger charge is -2.09. The van der Waals surface area contributed by atoms with Gasteiger partial charge in [-0.2, -0.15) is 5.11 Å². The number of benzene rings is 8. The fourth-order valence-corrected chi connectivity index (χ4v) is 9.66. The predicted octanol–water partition coefficient (Wildman–Crippen LogP) is 22.5. The van der Waals surface area contributed by atoms with E-state index in [9.17, 15) is 0 Å². The molecule has 0 bridgehead atoms. The minimum absolute atomic E-state index is 0.727. The van der Waals surface area contributed by atoms with Crippen LogP contribution in [0.3, 0.4) is 0 Å². The maximum atomic E-state index is 6.01. The summed E-state index contributed by atoms with van der Waals surface area (Å²) >= 11 is 0. The molecule has 0 heterocycles. The SMILES string of the molecule is C=Cc1ccc(OCCCCCCCCCCCOc2ccc(C)cc2)cc1.C=Cc1ccc(OCCCCCCCCCCCOc2ccc(N=Nc3ccc(N=Nc4ccc(NCC)c5ccccc45)c4ccccc34)cc2)cc1. The highest BCUT2D eigenvalue weighted by molar-refractivity contribution is 6.01. The van der Waals surface area contributed by atoms with Gasteiger partial charge in [0.2, 0.25) is 0 Å². The Balaban J connectivity index is 0.000000291. The van der Waals surface area contributed by atoms with E-state index in [0.717, 1.165) is 143 Å². The first-order valence-corrected chi connectivity index (χ1v) is 30.2. The topological polar surface area (TPSA) is 98.4 Å². The lowest BCUT2D eigenvalue weighted by Crippen LogP contribution is -1.97. The van der Waals surface area contributed by atoms with Crippen molar-refractivity contribution < 1.29 is 18.9 Å². The fraction of sp³-hybridized carbons (Fsp3) is 0.342. The van der Waals surface area contributed by atoms with Crippen LogP contribution < -0.4 is 24.3 Å². The van der Waals surface area contributed by atoms with Crippen molar-refractivity contribution in [3.05, 3.63) is 200 Å². The van der Waals surface area contributed by atoms with Gasteiger partial charge in [0.25, 0.3) is 0 Å². The quantitative estimate of drug-likeness (QED) is 0.0312. The Labute approximate surface area is 489 Å². The van der Waals surface area contributed by atoms with Crippen LogP contribution in [-0.2, 0) is 0 Å². The number of ether oxygens (including phenoxy) is 4. The third kappa shape index (κ3) is 21.8. The Hall–Kier alpha value is -8.04. The van der Waals surface area contributed by atoms with E-state index in [1.165, 1.54) is 95.5 Å². The van der Waals surface area contributed by atoms with Crippen LogP contribution in [0.25, 0.3) is 33.7 Å². The third-order valence-corrected chi connectivity index (χ3v) is 14.4. The van der Waals surface area contributed by atoms with E-state index in [1.807, 2.05) is 140 Å². The lowest BCUT2D eigenvalue weighted by atomic mass is 10.1. The minimum atomic E-state index is 0.727. The Kier molecular flexibility index (Phi) is 27.3. The molecular formula is C73H87N5O4. The predicted molar refractivity (Wildman–Crippen MR) is 346 cm³/mol. The highest BCUT2D eigenvalue weighted by Gasteiger charge is 2.09. The second-order valence-corrected chi connectivity index (χ2v) is 20.9. The van der Waals surface area contributed by atoms with Gasteiger partial charge in [0, 0.05) is 33.8 Å². The highest BCUT2D eigenvalue weighted by atomic mass is 16.5. The van der Waals surface area contributed by atoms with Gasteiger partial charge in [-0.25, -0.2) is 0 Å². The fourth-order valence-electron chi connectivity index (χ4n) is 9.66. The summed E-state index contributed by atoms with van der Waals surface area (Å²) in [6, 6.07) is 56.7. The number of nitrogens with zero attached hydrogens (tertiary/aromatic N) is 4. The lowest BCUT2D eigenvalue weighted by molar-refractivity contribution is 0.302. The number of azo groups is 2. The van der Waals surface area contributed by atoms with Crippen molar-refractivity contribution in [3.8, 4) is 23.0 Å². The molecule has 8 aromatic rings. The molecule has 8 aromatic carbocycles. The van der Waals surface area contributed by atoms with Crippen LogP contribution in [0.4, 0.5) is 28.4 Å². The van der Waals surface area contributed by atoms with E-state index in [0.29, 0.717) is 0 Å². The summed E-state index contributed by atoms with van der Waals surface area (Å²) in [4.78, 5) is 0. The van der Waals surface area contributed by atoms with Crippen LogP contribution in [0.1, 0.15) is 139 Å². The van der Waals surface area contributed by atoms with Gasteiger partial charge in [0.05, 0.1) is 49.2 Å². The Morgan fingerprint density at radius 3 is 1.01 bits per heavy atom. The Morgan fingerprint density at radius 1 is 0.341 bits per heavy atom. The zero-order valence-electron chi connectivity index (χ0n) is 48.9. The van der Waals surface area contributed by atoms with E-state index < -0.39 is 0 Å². The summed E-state index contributed by atoms with van der Waals surface area (Å²) in [6.45, 7) is 15.8. The average Bonchev–Trinajstić information content (AvgIpc) is 3.72. The maximum Gasteiger partial charge on any atom is 0.119 e. The largest absolute Gasteiger partial charge is 0.494 e. The molecule has 9 nitrogen and oxygen atoms in total. The van der Waals surface area contributed by atoms with Gasteiger partial charge in [0.1, 0.15) is 23.0 Å². The van der Waals surface area contributed by atoms with Gasteiger partial charge in [0.15, 0.2) is 0 Å². The molecule has 82 heavy (non-hydrogen) atoms. The monoisotopic (exact) mass is 1100 g/mol. The number of hydrogen-bond acceptors (Lipinski definition) is 9. The van der Waals surface area contributed by atoms with Crippen molar-refractivity contribution in [1.82, 2.24) is 0 Å². The van der Waals surface area contributed by atoms with Crippen LogP contribution in [0, 0.1) is 6.92 Å². The van der Waals surface area contributed by atoms with Crippen molar-refractivity contribution in [1.29, 1.82) is 0 Å². The number of unbranched alkanes of at least 4 members (excludes halogenated alkanes) is 16. The standard InChI is InChI=1S/C47H51N5O2.C26H36O2/c1-3-36-22-26-38(27-23-36)53-34-16-10-8-6-5-7-9-11-17-35-54-39-28-24-37(25-29-39)49-50-45-32-33-47(43-21-15-14-20-42(43)45)52-51-46-31-30-44(48-4-2)40-18-12-13-19-41(40)46;1-3-24-15-19-26(20-16-24)28-22-12-10-8-6-4-5-7-9-11-21-27-25-17-13-23(2)14-18-25/h3,12-15,18-33,48H,1,4-11,16-17,34-35H2,2H3;3,13-20H,1,4-12,21-22H2,2H3. The number of rotatable bonds is 36. The van der Waals surface area contributed by atoms with Gasteiger partial charge in [-0.15, -0.1) is 15.3 Å². The molecule has 0 radical (unpaired) electrons. The van der Waals surface area contributed by atoms with Crippen LogP contribution in [-0.4, -0.2) is 33.0 Å². The van der Waals surface area contributed by atoms with Crippen LogP contribution in [0.5, 0.6) is 23.0 Å². The van der Waals surface area contributed by atoms with Gasteiger partial charge >= 0.3 is 0 Å². The molecule has 0 saturated heterocycles. The summed E-state index contributed by atoms with van der Waals surface area (Å²) in [5.41, 5.74) is 7.78. The minimum Gasteiger partial charge on any atom is -0.494 e. The van der Waals surface area contributed by atoms with E-state index in [2.05, 4.69) is 95.2 Å². The smallest absolute Gasteiger partial charge is 0.119 e. The first kappa shape index (κ1) is 61.6. The molecule has 0 unspecified atom stereocenters. The van der Waals surface area contributed by atoms with Crippen LogP contribution in [0.2, 0.25) is 0 Å². The number of fused-ring (bicyclic) bond motifs is 2. The van der Waals surface area contributed by atoms with Crippen molar-refractivity contribution in [2.24, 2.45) is 20.5 Å². The zero-order valence-corrected chi connectivity index (χ0v) is 48.9. The number of aryl methyl sites for hydroxylation is 1. The van der Waals surface area contributed by atoms with Crippen LogP contribution in [0.15, 0.2) is 203 Å². The molecule has 0 aliphatic rings. The maximum absolute atomic E-state index is 6.01. The van der Waals surface area contributed by atoms with Gasteiger partial charge in [-0.1, -0.05) is 206 Å². The average molecular weight is 1100 g/mol. The van der Waals surface area contributed by atoms with Gasteiger partial charge in [-0.05, 0) is 136 Å². The summed E-state index contributed by atoms with van der Waals surface area (Å²) in [5.74, 6) is 3.74. The van der Waals surface area contributed by atoms with Crippen molar-refractivity contribution in [2.75, 3.05) is 38.3 Å². The second-order valence-electron chi connectivity index (χ2n) is 20.9.